The number of hydrogen-bond donors (Lipinski definition) is 3. The van der Waals surface area contributed by atoms with E-state index in [1.54, 1.807) is 30.3 Å². The molecule has 0 spiro atoms. The van der Waals surface area contributed by atoms with Gasteiger partial charge >= 0.3 is 5.97 Å². The predicted molar refractivity (Wildman–Crippen MR) is 91.9 cm³/mol. The number of anilines is 1. The van der Waals surface area contributed by atoms with Gasteiger partial charge in [0, 0.05) is 12.0 Å². The molecule has 3 aromatic rings. The average Bonchev–Trinajstić information content (AvgIpc) is 3.22. The maximum atomic E-state index is 11.3. The van der Waals surface area contributed by atoms with Crippen molar-refractivity contribution in [3.63, 3.8) is 0 Å². The van der Waals surface area contributed by atoms with Crippen LogP contribution in [0.5, 0.6) is 0 Å². The summed E-state index contributed by atoms with van der Waals surface area (Å²) in [5, 5.41) is 21.0. The van der Waals surface area contributed by atoms with Gasteiger partial charge in [-0.3, -0.25) is 0 Å². The second kappa shape index (κ2) is 6.87. The molecule has 0 unspecified atom stereocenters. The number of aryl methyl sites for hydroxylation is 1. The Hall–Kier alpha value is -3.62. The standard InChI is InChI=1S/C16H16N6O3/c1-2-14-19-21-16(22(14)17)20-18-9-10-7-8-13(25-10)11-5-3-4-6-12(11)15(23)24/h3-9H,2,17H2,1H3,(H,20,21)(H,23,24)/b18-9-. The van der Waals surface area contributed by atoms with Crippen molar-refractivity contribution in [1.29, 1.82) is 0 Å². The highest BCUT2D eigenvalue weighted by molar-refractivity contribution is 5.95. The van der Waals surface area contributed by atoms with Gasteiger partial charge in [-0.1, -0.05) is 25.1 Å². The molecule has 4 N–H and O–H groups in total. The Morgan fingerprint density at radius 2 is 2.16 bits per heavy atom. The number of rotatable bonds is 6. The summed E-state index contributed by atoms with van der Waals surface area (Å²) in [4.78, 5) is 11.3. The number of aromatic carboxylic acids is 1. The van der Waals surface area contributed by atoms with Crippen molar-refractivity contribution in [2.24, 2.45) is 5.10 Å². The molecule has 9 nitrogen and oxygen atoms in total. The van der Waals surface area contributed by atoms with Crippen LogP contribution >= 0.6 is 0 Å². The minimum absolute atomic E-state index is 0.168. The lowest BCUT2D eigenvalue weighted by Crippen LogP contribution is -2.14. The Balaban J connectivity index is 1.76. The third-order valence-electron chi connectivity index (χ3n) is 3.49. The van der Waals surface area contributed by atoms with Crippen LogP contribution in [-0.4, -0.2) is 32.2 Å². The average molecular weight is 340 g/mol. The van der Waals surface area contributed by atoms with E-state index in [-0.39, 0.29) is 5.56 Å². The van der Waals surface area contributed by atoms with Crippen molar-refractivity contribution >= 4 is 18.1 Å². The third kappa shape index (κ3) is 3.34. The van der Waals surface area contributed by atoms with Crippen LogP contribution in [0.2, 0.25) is 0 Å². The van der Waals surface area contributed by atoms with E-state index >= 15 is 0 Å². The molecule has 0 saturated heterocycles. The number of nitrogen functional groups attached to an aromatic ring is 1. The Morgan fingerprint density at radius 3 is 2.88 bits per heavy atom. The molecule has 2 aromatic heterocycles. The first-order chi connectivity index (χ1) is 12.1. The summed E-state index contributed by atoms with van der Waals surface area (Å²) in [6, 6.07) is 9.99. The number of benzene rings is 1. The van der Waals surface area contributed by atoms with Crippen LogP contribution in [-0.2, 0) is 6.42 Å². The van der Waals surface area contributed by atoms with E-state index in [0.717, 1.165) is 0 Å². The molecule has 0 aliphatic carbocycles. The quantitative estimate of drug-likeness (QED) is 0.355. The number of carboxylic acids is 1. The summed E-state index contributed by atoms with van der Waals surface area (Å²) in [5.41, 5.74) is 3.34. The summed E-state index contributed by atoms with van der Waals surface area (Å²) in [7, 11) is 0. The highest BCUT2D eigenvalue weighted by Crippen LogP contribution is 2.25. The van der Waals surface area contributed by atoms with Crippen molar-refractivity contribution in [1.82, 2.24) is 14.9 Å². The minimum Gasteiger partial charge on any atom is -0.478 e. The third-order valence-corrected chi connectivity index (χ3v) is 3.49. The Bertz CT molecular complexity index is 928. The predicted octanol–water partition coefficient (Wildman–Crippen LogP) is 1.96. The van der Waals surface area contributed by atoms with Crippen LogP contribution in [0.1, 0.15) is 28.9 Å². The van der Waals surface area contributed by atoms with E-state index in [0.29, 0.717) is 35.3 Å². The van der Waals surface area contributed by atoms with Crippen molar-refractivity contribution in [2.75, 3.05) is 11.3 Å². The van der Waals surface area contributed by atoms with Crippen LogP contribution in [0.3, 0.4) is 0 Å². The zero-order valence-electron chi connectivity index (χ0n) is 13.4. The number of carboxylic acid groups (broad SMARTS) is 1. The Morgan fingerprint density at radius 1 is 1.36 bits per heavy atom. The van der Waals surface area contributed by atoms with Crippen LogP contribution in [0.15, 0.2) is 45.9 Å². The largest absolute Gasteiger partial charge is 0.478 e. The van der Waals surface area contributed by atoms with Crippen molar-refractivity contribution < 1.29 is 14.3 Å². The zero-order valence-corrected chi connectivity index (χ0v) is 13.4. The number of aromatic nitrogens is 3. The molecule has 2 heterocycles. The van der Waals surface area contributed by atoms with Crippen LogP contribution in [0.4, 0.5) is 5.95 Å². The number of furan rings is 1. The van der Waals surface area contributed by atoms with Gasteiger partial charge in [-0.25, -0.2) is 14.9 Å². The molecule has 1 aromatic carbocycles. The minimum atomic E-state index is -1.02. The molecule has 128 valence electrons. The smallest absolute Gasteiger partial charge is 0.336 e. The summed E-state index contributed by atoms with van der Waals surface area (Å²) < 4.78 is 6.94. The summed E-state index contributed by atoms with van der Waals surface area (Å²) in [6.07, 6.45) is 2.09. The highest BCUT2D eigenvalue weighted by atomic mass is 16.4. The molecule has 25 heavy (non-hydrogen) atoms. The van der Waals surface area contributed by atoms with E-state index in [9.17, 15) is 9.90 Å². The fourth-order valence-corrected chi connectivity index (χ4v) is 2.25. The first-order valence-electron chi connectivity index (χ1n) is 7.51. The maximum absolute atomic E-state index is 11.3. The van der Waals surface area contributed by atoms with Crippen LogP contribution in [0, 0.1) is 0 Å². The number of nitrogens with one attached hydrogen (secondary N) is 1. The van der Waals surface area contributed by atoms with Gasteiger partial charge in [0.05, 0.1) is 11.8 Å². The fourth-order valence-electron chi connectivity index (χ4n) is 2.25. The molecule has 0 fully saturated rings. The van der Waals surface area contributed by atoms with Gasteiger partial charge in [0.25, 0.3) is 5.95 Å². The molecule has 0 aliphatic heterocycles. The lowest BCUT2D eigenvalue weighted by molar-refractivity contribution is 0.0697. The second-order valence-electron chi connectivity index (χ2n) is 5.09. The molecular formula is C16H16N6O3. The van der Waals surface area contributed by atoms with Gasteiger partial charge in [0.1, 0.15) is 11.5 Å². The zero-order chi connectivity index (χ0) is 17.8. The molecule has 9 heteroatoms. The van der Waals surface area contributed by atoms with Crippen LogP contribution < -0.4 is 11.3 Å². The number of carbonyl (C=O) groups is 1. The molecule has 0 aliphatic rings. The molecule has 0 amide bonds. The summed E-state index contributed by atoms with van der Waals surface area (Å²) in [5.74, 6) is 6.59. The first-order valence-corrected chi connectivity index (χ1v) is 7.51. The van der Waals surface area contributed by atoms with Gasteiger partial charge in [-0.2, -0.15) is 5.10 Å². The highest BCUT2D eigenvalue weighted by Gasteiger charge is 2.13. The Labute approximate surface area is 142 Å². The molecular weight excluding hydrogens is 324 g/mol. The molecule has 0 saturated carbocycles. The normalized spacial score (nSPS) is 11.1. The SMILES string of the molecule is CCc1nnc(N/N=C\c2ccc(-c3ccccc3C(=O)O)o2)n1N. The van der Waals surface area contributed by atoms with Crippen molar-refractivity contribution in [2.45, 2.75) is 13.3 Å². The second-order valence-corrected chi connectivity index (χ2v) is 5.09. The van der Waals surface area contributed by atoms with Gasteiger partial charge < -0.3 is 15.4 Å². The lowest BCUT2D eigenvalue weighted by Gasteiger charge is -2.02. The van der Waals surface area contributed by atoms with Crippen molar-refractivity contribution in [3.05, 3.63) is 53.5 Å². The van der Waals surface area contributed by atoms with E-state index in [4.69, 9.17) is 10.3 Å². The van der Waals surface area contributed by atoms with E-state index < -0.39 is 5.97 Å². The van der Waals surface area contributed by atoms with Gasteiger partial charge in [0.2, 0.25) is 0 Å². The number of hydrazone groups is 1. The maximum Gasteiger partial charge on any atom is 0.336 e. The topological polar surface area (TPSA) is 132 Å². The van der Waals surface area contributed by atoms with Crippen molar-refractivity contribution in [3.8, 4) is 11.3 Å². The number of nitrogens with two attached hydrogens (primary N) is 1. The first kappa shape index (κ1) is 16.2. The summed E-state index contributed by atoms with van der Waals surface area (Å²) >= 11 is 0. The molecule has 0 radical (unpaired) electrons. The number of nitrogens with zero attached hydrogens (tertiary/aromatic N) is 4. The molecule has 3 rings (SSSR count). The lowest BCUT2D eigenvalue weighted by atomic mass is 10.1. The van der Waals surface area contributed by atoms with Gasteiger partial charge in [0.15, 0.2) is 5.82 Å². The molecule has 0 atom stereocenters. The van der Waals surface area contributed by atoms with E-state index in [2.05, 4.69) is 20.7 Å². The fraction of sp³-hybridized carbons (Fsp3) is 0.125. The number of hydrogen-bond acceptors (Lipinski definition) is 7. The van der Waals surface area contributed by atoms with Gasteiger partial charge in [-0.15, -0.1) is 10.2 Å². The van der Waals surface area contributed by atoms with E-state index in [1.807, 2.05) is 6.92 Å². The van der Waals surface area contributed by atoms with Gasteiger partial charge in [-0.05, 0) is 18.2 Å². The monoisotopic (exact) mass is 340 g/mol. The van der Waals surface area contributed by atoms with Crippen LogP contribution in [0.25, 0.3) is 11.3 Å². The molecule has 0 bridgehead atoms. The summed E-state index contributed by atoms with van der Waals surface area (Å²) in [6.45, 7) is 1.92. The van der Waals surface area contributed by atoms with E-state index in [1.165, 1.54) is 17.0 Å². The Kier molecular flexibility index (Phi) is 4.46.